The van der Waals surface area contributed by atoms with E-state index in [-0.39, 0.29) is 0 Å². The molecule has 1 aromatic heterocycles. The molecule has 3 heteroatoms. The largest absolute Gasteiger partial charge is 0.316 e. The molecule has 1 nitrogen and oxygen atoms in total. The lowest BCUT2D eigenvalue weighted by molar-refractivity contribution is 0.458. The van der Waals surface area contributed by atoms with E-state index < -0.39 is 0 Å². The Hall–Kier alpha value is -0.0500. The topological polar surface area (TPSA) is 12.0 Å². The molecule has 0 aromatic carbocycles. The van der Waals surface area contributed by atoms with Gasteiger partial charge in [0.15, 0.2) is 0 Å². The van der Waals surface area contributed by atoms with Crippen molar-refractivity contribution in [2.45, 2.75) is 32.6 Å². The van der Waals surface area contributed by atoms with E-state index in [0.717, 1.165) is 10.9 Å². The summed E-state index contributed by atoms with van der Waals surface area (Å²) in [7, 11) is 0. The molecule has 0 aliphatic heterocycles. The second-order valence-corrected chi connectivity index (χ2v) is 6.36. The van der Waals surface area contributed by atoms with Crippen LogP contribution in [0.5, 0.6) is 0 Å². The monoisotopic (exact) mass is 243 g/mol. The average molecular weight is 244 g/mol. The predicted octanol–water partition coefficient (Wildman–Crippen LogP) is 3.72. The normalized spacial score (nSPS) is 18.0. The van der Waals surface area contributed by atoms with Crippen LogP contribution in [-0.4, -0.2) is 13.1 Å². The summed E-state index contributed by atoms with van der Waals surface area (Å²) in [5, 5.41) is 3.54. The molecule has 1 aliphatic rings. The van der Waals surface area contributed by atoms with Gasteiger partial charge in [0.1, 0.15) is 0 Å². The minimum atomic E-state index is 0.559. The van der Waals surface area contributed by atoms with Crippen LogP contribution in [-0.2, 0) is 6.42 Å². The zero-order valence-corrected chi connectivity index (χ0v) is 10.8. The van der Waals surface area contributed by atoms with Gasteiger partial charge >= 0.3 is 0 Å². The number of rotatable bonds is 6. The van der Waals surface area contributed by atoms with Crippen LogP contribution in [0.3, 0.4) is 0 Å². The van der Waals surface area contributed by atoms with Gasteiger partial charge in [-0.05, 0) is 49.8 Å². The van der Waals surface area contributed by atoms with E-state index >= 15 is 0 Å². The SMILES string of the molecule is CCCNCC1(Cc2ccc(Cl)s2)CC1. The number of nitrogens with one attached hydrogen (secondary N) is 1. The molecule has 0 amide bonds. The zero-order chi connectivity index (χ0) is 10.7. The van der Waals surface area contributed by atoms with Gasteiger partial charge in [0.2, 0.25) is 0 Å². The molecule has 84 valence electrons. The van der Waals surface area contributed by atoms with Gasteiger partial charge in [-0.1, -0.05) is 18.5 Å². The number of hydrogen-bond donors (Lipinski definition) is 1. The summed E-state index contributed by atoms with van der Waals surface area (Å²) in [6.07, 6.45) is 5.18. The van der Waals surface area contributed by atoms with Crippen LogP contribution in [0, 0.1) is 5.41 Å². The average Bonchev–Trinajstić information content (AvgIpc) is 2.84. The van der Waals surface area contributed by atoms with Crippen molar-refractivity contribution in [2.24, 2.45) is 5.41 Å². The molecule has 0 saturated heterocycles. The van der Waals surface area contributed by atoms with Crippen molar-refractivity contribution in [3.05, 3.63) is 21.3 Å². The van der Waals surface area contributed by atoms with Gasteiger partial charge in [0.05, 0.1) is 4.34 Å². The Balaban J connectivity index is 1.83. The lowest BCUT2D eigenvalue weighted by Gasteiger charge is -2.14. The molecule has 1 heterocycles. The first kappa shape index (κ1) is 11.4. The second kappa shape index (κ2) is 4.86. The third-order valence-corrected chi connectivity index (χ3v) is 4.29. The van der Waals surface area contributed by atoms with Gasteiger partial charge in [0, 0.05) is 11.4 Å². The Labute approximate surface area is 101 Å². The third kappa shape index (κ3) is 3.20. The van der Waals surface area contributed by atoms with Crippen molar-refractivity contribution in [3.8, 4) is 0 Å². The van der Waals surface area contributed by atoms with E-state index in [4.69, 9.17) is 11.6 Å². The highest BCUT2D eigenvalue weighted by molar-refractivity contribution is 7.16. The standard InChI is InChI=1S/C12H18ClNS/c1-2-7-14-9-12(5-6-12)8-10-3-4-11(13)15-10/h3-4,14H,2,5-9H2,1H3. The van der Waals surface area contributed by atoms with Crippen molar-refractivity contribution < 1.29 is 0 Å². The molecular weight excluding hydrogens is 226 g/mol. The first-order valence-corrected chi connectivity index (χ1v) is 6.88. The fourth-order valence-corrected chi connectivity index (χ4v) is 3.20. The highest BCUT2D eigenvalue weighted by Gasteiger charge is 2.42. The first-order valence-electron chi connectivity index (χ1n) is 5.69. The van der Waals surface area contributed by atoms with Gasteiger partial charge in [-0.2, -0.15) is 0 Å². The summed E-state index contributed by atoms with van der Waals surface area (Å²) in [5.41, 5.74) is 0.559. The molecule has 0 unspecified atom stereocenters. The van der Waals surface area contributed by atoms with Crippen molar-refractivity contribution in [1.82, 2.24) is 5.32 Å². The summed E-state index contributed by atoms with van der Waals surface area (Å²) >= 11 is 7.67. The smallest absolute Gasteiger partial charge is 0.0931 e. The summed E-state index contributed by atoms with van der Waals surface area (Å²) in [6.45, 7) is 4.54. The number of hydrogen-bond acceptors (Lipinski definition) is 2. The van der Waals surface area contributed by atoms with Gasteiger partial charge < -0.3 is 5.32 Å². The molecule has 1 saturated carbocycles. The summed E-state index contributed by atoms with van der Waals surface area (Å²) < 4.78 is 0.919. The molecule has 1 aliphatic carbocycles. The van der Waals surface area contributed by atoms with Crippen molar-refractivity contribution in [2.75, 3.05) is 13.1 Å². The number of thiophene rings is 1. The van der Waals surface area contributed by atoms with Crippen LogP contribution >= 0.6 is 22.9 Å². The summed E-state index contributed by atoms with van der Waals surface area (Å²) in [5.74, 6) is 0. The molecule has 0 bridgehead atoms. The molecular formula is C12H18ClNS. The van der Waals surface area contributed by atoms with Gasteiger partial charge in [-0.25, -0.2) is 0 Å². The molecule has 2 rings (SSSR count). The van der Waals surface area contributed by atoms with E-state index in [1.54, 1.807) is 11.3 Å². The van der Waals surface area contributed by atoms with Crippen LogP contribution in [0.2, 0.25) is 4.34 Å². The first-order chi connectivity index (χ1) is 7.24. The highest BCUT2D eigenvalue weighted by Crippen LogP contribution is 2.48. The maximum absolute atomic E-state index is 5.94. The highest BCUT2D eigenvalue weighted by atomic mass is 35.5. The fraction of sp³-hybridized carbons (Fsp3) is 0.667. The van der Waals surface area contributed by atoms with E-state index in [1.807, 2.05) is 6.07 Å². The van der Waals surface area contributed by atoms with E-state index in [9.17, 15) is 0 Å². The molecule has 0 atom stereocenters. The molecule has 1 aromatic rings. The molecule has 0 radical (unpaired) electrons. The maximum Gasteiger partial charge on any atom is 0.0931 e. The Morgan fingerprint density at radius 3 is 2.80 bits per heavy atom. The van der Waals surface area contributed by atoms with Crippen LogP contribution in [0.4, 0.5) is 0 Å². The summed E-state index contributed by atoms with van der Waals surface area (Å²) in [4.78, 5) is 1.44. The second-order valence-electron chi connectivity index (χ2n) is 4.56. The van der Waals surface area contributed by atoms with Crippen molar-refractivity contribution in [3.63, 3.8) is 0 Å². The van der Waals surface area contributed by atoms with Crippen LogP contribution in [0.25, 0.3) is 0 Å². The van der Waals surface area contributed by atoms with Crippen molar-refractivity contribution in [1.29, 1.82) is 0 Å². The lowest BCUT2D eigenvalue weighted by Crippen LogP contribution is -2.25. The van der Waals surface area contributed by atoms with Crippen molar-refractivity contribution >= 4 is 22.9 Å². The third-order valence-electron chi connectivity index (χ3n) is 3.06. The molecule has 0 spiro atoms. The molecule has 1 N–H and O–H groups in total. The quantitative estimate of drug-likeness (QED) is 0.751. The minimum Gasteiger partial charge on any atom is -0.316 e. The Morgan fingerprint density at radius 2 is 2.27 bits per heavy atom. The number of halogens is 1. The van der Waals surface area contributed by atoms with Gasteiger partial charge in [-0.15, -0.1) is 11.3 Å². The maximum atomic E-state index is 5.94. The van der Waals surface area contributed by atoms with E-state index in [0.29, 0.717) is 5.41 Å². The van der Waals surface area contributed by atoms with Crippen LogP contribution in [0.1, 0.15) is 31.1 Å². The van der Waals surface area contributed by atoms with E-state index in [2.05, 4.69) is 18.3 Å². The van der Waals surface area contributed by atoms with Gasteiger partial charge in [0.25, 0.3) is 0 Å². The van der Waals surface area contributed by atoms with Gasteiger partial charge in [-0.3, -0.25) is 0 Å². The van der Waals surface area contributed by atoms with E-state index in [1.165, 1.54) is 37.1 Å². The fourth-order valence-electron chi connectivity index (χ4n) is 1.94. The molecule has 15 heavy (non-hydrogen) atoms. The zero-order valence-electron chi connectivity index (χ0n) is 9.18. The lowest BCUT2D eigenvalue weighted by atomic mass is 10.0. The Morgan fingerprint density at radius 1 is 1.47 bits per heavy atom. The summed E-state index contributed by atoms with van der Waals surface area (Å²) in [6, 6.07) is 4.18. The minimum absolute atomic E-state index is 0.559. The predicted molar refractivity (Wildman–Crippen MR) is 67.9 cm³/mol. The van der Waals surface area contributed by atoms with Crippen LogP contribution in [0.15, 0.2) is 12.1 Å². The Kier molecular flexibility index (Phi) is 3.70. The van der Waals surface area contributed by atoms with Crippen LogP contribution < -0.4 is 5.32 Å². The molecule has 1 fully saturated rings. The Bertz CT molecular complexity index is 317.